The van der Waals surface area contributed by atoms with E-state index in [1.165, 1.54) is 49.6 Å². The van der Waals surface area contributed by atoms with Crippen molar-refractivity contribution in [2.24, 2.45) is 28.9 Å². The third-order valence-corrected chi connectivity index (χ3v) is 6.77. The van der Waals surface area contributed by atoms with Crippen molar-refractivity contribution in [1.82, 2.24) is 10.2 Å². The molecule has 2 amide bonds. The predicted molar refractivity (Wildman–Crippen MR) is 98.3 cm³/mol. The number of hydrogen-bond donors (Lipinski definition) is 2. The van der Waals surface area contributed by atoms with Crippen LogP contribution in [0.3, 0.4) is 0 Å². The Bertz CT molecular complexity index is 587. The molecule has 6 nitrogen and oxygen atoms in total. The Kier molecular flexibility index (Phi) is 5.67. The Morgan fingerprint density at radius 3 is 2.35 bits per heavy atom. The average Bonchev–Trinajstić information content (AvgIpc) is 2.60. The molecule has 0 spiro atoms. The largest absolute Gasteiger partial charge is 0.348 e. The summed E-state index contributed by atoms with van der Waals surface area (Å²) in [5, 5.41) is 12.4. The maximum absolute atomic E-state index is 12.6. The molecule has 4 saturated carbocycles. The van der Waals surface area contributed by atoms with Crippen molar-refractivity contribution < 1.29 is 9.59 Å². The summed E-state index contributed by atoms with van der Waals surface area (Å²) in [5.41, 5.74) is 5.62. The first kappa shape index (κ1) is 18.9. The van der Waals surface area contributed by atoms with Gasteiger partial charge in [-0.05, 0) is 81.6 Å². The first-order chi connectivity index (χ1) is 12.5. The van der Waals surface area contributed by atoms with Gasteiger partial charge in [0, 0.05) is 18.8 Å². The number of nitrogens with zero attached hydrogens (tertiary/aromatic N) is 2. The van der Waals surface area contributed by atoms with Crippen LogP contribution in [0.25, 0.3) is 0 Å². The molecule has 0 aromatic carbocycles. The monoisotopic (exact) mass is 358 g/mol. The van der Waals surface area contributed by atoms with Gasteiger partial charge in [-0.3, -0.25) is 9.59 Å². The first-order valence-electron chi connectivity index (χ1n) is 9.83. The molecule has 0 aliphatic heterocycles. The Labute approximate surface area is 155 Å². The zero-order valence-electron chi connectivity index (χ0n) is 15.6. The molecule has 26 heavy (non-hydrogen) atoms. The Morgan fingerprint density at radius 1 is 1.31 bits per heavy atom. The van der Waals surface area contributed by atoms with Crippen molar-refractivity contribution in [2.75, 3.05) is 13.1 Å². The quantitative estimate of drug-likeness (QED) is 0.393. The summed E-state index contributed by atoms with van der Waals surface area (Å²) in [5.74, 6) is 2.06. The molecule has 4 rings (SSSR count). The van der Waals surface area contributed by atoms with Gasteiger partial charge in [-0.1, -0.05) is 0 Å². The van der Waals surface area contributed by atoms with Crippen LogP contribution in [0.2, 0.25) is 0 Å². The molecular formula is C20H30N4O2. The van der Waals surface area contributed by atoms with Gasteiger partial charge in [-0.15, -0.1) is 0 Å². The van der Waals surface area contributed by atoms with E-state index >= 15 is 0 Å². The van der Waals surface area contributed by atoms with Crippen LogP contribution in [-0.2, 0) is 9.59 Å². The van der Waals surface area contributed by atoms with E-state index in [2.05, 4.69) is 12.2 Å². The van der Waals surface area contributed by atoms with Crippen LogP contribution >= 0.6 is 0 Å². The summed E-state index contributed by atoms with van der Waals surface area (Å²) >= 11 is 0. The second-order valence-electron chi connectivity index (χ2n) is 8.62. The van der Waals surface area contributed by atoms with Crippen LogP contribution in [0.1, 0.15) is 51.9 Å². The van der Waals surface area contributed by atoms with E-state index in [0.29, 0.717) is 25.9 Å². The summed E-state index contributed by atoms with van der Waals surface area (Å²) in [6, 6.07) is 1.99. The molecule has 0 radical (unpaired) electrons. The van der Waals surface area contributed by atoms with Crippen molar-refractivity contribution in [1.29, 1.82) is 5.26 Å². The third kappa shape index (κ3) is 3.78. The molecule has 0 aromatic rings. The van der Waals surface area contributed by atoms with E-state index < -0.39 is 0 Å². The molecule has 0 heterocycles. The molecule has 3 N–H and O–H groups in total. The standard InChI is InChI=1S/C20H30N4O2/c1-14(20-8-15-5-16(9-20)7-17(6-15)10-20)23-19(26)18(11-22)12-24(13-25)4-2-3-21/h12-17H,2-10,21H2,1H3,(H,23,26)/b18-12-. The summed E-state index contributed by atoms with van der Waals surface area (Å²) < 4.78 is 0. The van der Waals surface area contributed by atoms with Gasteiger partial charge in [0.05, 0.1) is 0 Å². The Morgan fingerprint density at radius 2 is 1.88 bits per heavy atom. The van der Waals surface area contributed by atoms with Gasteiger partial charge in [0.2, 0.25) is 6.41 Å². The van der Waals surface area contributed by atoms with Crippen LogP contribution < -0.4 is 11.1 Å². The second kappa shape index (κ2) is 7.79. The highest BCUT2D eigenvalue weighted by molar-refractivity contribution is 5.97. The van der Waals surface area contributed by atoms with Gasteiger partial charge in [0.1, 0.15) is 11.6 Å². The molecule has 1 atom stereocenters. The number of nitriles is 1. The fourth-order valence-corrected chi connectivity index (χ4v) is 5.86. The van der Waals surface area contributed by atoms with Crippen LogP contribution in [0.15, 0.2) is 11.8 Å². The van der Waals surface area contributed by atoms with Crippen molar-refractivity contribution in [3.05, 3.63) is 11.8 Å². The number of nitrogens with two attached hydrogens (primary N) is 1. The minimum absolute atomic E-state index is 0.0225. The van der Waals surface area contributed by atoms with Gasteiger partial charge in [0.15, 0.2) is 0 Å². The Hall–Kier alpha value is -1.87. The Balaban J connectivity index is 1.66. The van der Waals surface area contributed by atoms with Crippen molar-refractivity contribution in [3.63, 3.8) is 0 Å². The van der Waals surface area contributed by atoms with Gasteiger partial charge in [-0.2, -0.15) is 5.26 Å². The zero-order valence-corrected chi connectivity index (χ0v) is 15.6. The maximum atomic E-state index is 12.6. The van der Waals surface area contributed by atoms with Crippen molar-refractivity contribution >= 4 is 12.3 Å². The third-order valence-electron chi connectivity index (χ3n) is 6.77. The van der Waals surface area contributed by atoms with Gasteiger partial charge >= 0.3 is 0 Å². The maximum Gasteiger partial charge on any atom is 0.263 e. The van der Waals surface area contributed by atoms with Crippen molar-refractivity contribution in [2.45, 2.75) is 57.9 Å². The SMILES string of the molecule is CC(NC(=O)/C(C#N)=C\N(C=O)CCCN)C12CC3CC(CC(C3)C1)C2. The number of amides is 2. The lowest BCUT2D eigenvalue weighted by atomic mass is 9.48. The minimum atomic E-state index is -0.379. The molecule has 4 fully saturated rings. The van der Waals surface area contributed by atoms with Crippen LogP contribution in [-0.4, -0.2) is 36.3 Å². The highest BCUT2D eigenvalue weighted by Gasteiger charge is 2.53. The average molecular weight is 358 g/mol. The highest BCUT2D eigenvalue weighted by atomic mass is 16.2. The van der Waals surface area contributed by atoms with E-state index in [-0.39, 0.29) is 22.9 Å². The van der Waals surface area contributed by atoms with Crippen LogP contribution in [0.4, 0.5) is 0 Å². The zero-order chi connectivity index (χ0) is 18.7. The van der Waals surface area contributed by atoms with E-state index in [1.54, 1.807) is 0 Å². The second-order valence-corrected chi connectivity index (χ2v) is 8.62. The summed E-state index contributed by atoms with van der Waals surface area (Å²) in [7, 11) is 0. The first-order valence-corrected chi connectivity index (χ1v) is 9.83. The predicted octanol–water partition coefficient (Wildman–Crippen LogP) is 1.92. The molecule has 4 aliphatic carbocycles. The summed E-state index contributed by atoms with van der Waals surface area (Å²) in [6.07, 6.45) is 10.3. The smallest absolute Gasteiger partial charge is 0.263 e. The molecule has 0 aromatic heterocycles. The summed E-state index contributed by atoms with van der Waals surface area (Å²) in [4.78, 5) is 25.1. The van der Waals surface area contributed by atoms with Crippen LogP contribution in [0.5, 0.6) is 0 Å². The van der Waals surface area contributed by atoms with E-state index in [9.17, 15) is 14.9 Å². The fourth-order valence-electron chi connectivity index (χ4n) is 5.86. The number of rotatable bonds is 8. The normalized spacial score (nSPS) is 33.4. The van der Waals surface area contributed by atoms with Gasteiger partial charge in [-0.25, -0.2) is 0 Å². The van der Waals surface area contributed by atoms with E-state index in [0.717, 1.165) is 17.8 Å². The fraction of sp³-hybridized carbons (Fsp3) is 0.750. The lowest BCUT2D eigenvalue weighted by Gasteiger charge is -2.59. The van der Waals surface area contributed by atoms with E-state index in [4.69, 9.17) is 5.73 Å². The lowest BCUT2D eigenvalue weighted by molar-refractivity contribution is -0.122. The van der Waals surface area contributed by atoms with Gasteiger partial charge in [0.25, 0.3) is 5.91 Å². The molecule has 4 aliphatic rings. The molecule has 6 heteroatoms. The van der Waals surface area contributed by atoms with E-state index in [1.807, 2.05) is 6.07 Å². The number of carbonyl (C=O) groups is 2. The molecule has 0 saturated heterocycles. The molecule has 142 valence electrons. The number of hydrogen-bond acceptors (Lipinski definition) is 4. The van der Waals surface area contributed by atoms with Crippen LogP contribution in [0, 0.1) is 34.5 Å². The summed E-state index contributed by atoms with van der Waals surface area (Å²) in [6.45, 7) is 2.95. The number of nitrogens with one attached hydrogen (secondary N) is 1. The lowest BCUT2D eigenvalue weighted by Crippen LogP contribution is -2.56. The van der Waals surface area contributed by atoms with Crippen molar-refractivity contribution in [3.8, 4) is 6.07 Å². The topological polar surface area (TPSA) is 99.2 Å². The minimum Gasteiger partial charge on any atom is -0.348 e. The molecular weight excluding hydrogens is 328 g/mol. The van der Waals surface area contributed by atoms with Gasteiger partial charge < -0.3 is 16.0 Å². The molecule has 4 bridgehead atoms. The number of carbonyl (C=O) groups excluding carboxylic acids is 2. The highest BCUT2D eigenvalue weighted by Crippen LogP contribution is 2.61. The molecule has 1 unspecified atom stereocenters.